The molecule has 0 aliphatic carbocycles. The van der Waals surface area contributed by atoms with Gasteiger partial charge in [-0.1, -0.05) is 11.6 Å². The molecule has 0 saturated heterocycles. The number of hydrogen-bond acceptors (Lipinski definition) is 6. The Bertz CT molecular complexity index is 874. The van der Waals surface area contributed by atoms with Crippen molar-refractivity contribution in [3.8, 4) is 0 Å². The molecule has 1 aromatic carbocycles. The maximum Gasteiger partial charge on any atom is 0.160 e. The lowest BCUT2D eigenvalue weighted by atomic mass is 10.3. The van der Waals surface area contributed by atoms with Crippen molar-refractivity contribution in [2.24, 2.45) is 0 Å². The molecule has 122 valence electrons. The molecule has 0 atom stereocenters. The van der Waals surface area contributed by atoms with Crippen LogP contribution in [0.1, 0.15) is 0 Å². The van der Waals surface area contributed by atoms with Gasteiger partial charge in [-0.3, -0.25) is 0 Å². The Balaban J connectivity index is 1.84. The fourth-order valence-corrected chi connectivity index (χ4v) is 2.29. The number of rotatable bonds is 4. The average Bonchev–Trinajstić information content (AvgIpc) is 2.57. The van der Waals surface area contributed by atoms with Gasteiger partial charge in [0.25, 0.3) is 0 Å². The average molecular weight is 410 g/mol. The lowest BCUT2D eigenvalue weighted by Crippen LogP contribution is -2.05. The van der Waals surface area contributed by atoms with Crippen LogP contribution in [0.25, 0.3) is 0 Å². The Morgan fingerprint density at radius 2 is 1.79 bits per heavy atom. The van der Waals surface area contributed by atoms with E-state index in [1.807, 2.05) is 6.07 Å². The van der Waals surface area contributed by atoms with Crippen molar-refractivity contribution in [3.63, 3.8) is 0 Å². The third-order valence-electron chi connectivity index (χ3n) is 3.04. The molecule has 0 spiro atoms. The van der Waals surface area contributed by atoms with E-state index in [1.54, 1.807) is 12.3 Å². The Morgan fingerprint density at radius 3 is 2.46 bits per heavy atom. The number of nitrogens with one attached hydrogen (secondary N) is 2. The van der Waals surface area contributed by atoms with E-state index >= 15 is 0 Å². The zero-order valence-corrected chi connectivity index (χ0v) is 14.4. The predicted octanol–water partition coefficient (Wildman–Crippen LogP) is 4.50. The SMILES string of the molecule is Nc1c(Nc2ccc(F)c(Cl)c2)ncnc1Nc1ccc(Br)cn1. The zero-order valence-electron chi connectivity index (χ0n) is 12.1. The summed E-state index contributed by atoms with van der Waals surface area (Å²) >= 11 is 9.08. The van der Waals surface area contributed by atoms with Gasteiger partial charge in [-0.05, 0) is 46.3 Å². The van der Waals surface area contributed by atoms with Gasteiger partial charge in [-0.25, -0.2) is 19.3 Å². The molecule has 3 rings (SSSR count). The number of aromatic nitrogens is 3. The van der Waals surface area contributed by atoms with Crippen LogP contribution in [-0.2, 0) is 0 Å². The number of benzene rings is 1. The van der Waals surface area contributed by atoms with Crippen molar-refractivity contribution in [1.82, 2.24) is 15.0 Å². The van der Waals surface area contributed by atoms with Crippen LogP contribution in [0.3, 0.4) is 0 Å². The van der Waals surface area contributed by atoms with Gasteiger partial charge < -0.3 is 16.4 Å². The van der Waals surface area contributed by atoms with E-state index in [1.165, 1.54) is 24.5 Å². The number of nitrogen functional groups attached to an aromatic ring is 1. The Labute approximate surface area is 150 Å². The van der Waals surface area contributed by atoms with E-state index in [4.69, 9.17) is 17.3 Å². The summed E-state index contributed by atoms with van der Waals surface area (Å²) in [6.07, 6.45) is 3.00. The number of pyridine rings is 1. The fraction of sp³-hybridized carbons (Fsp3) is 0. The first-order chi connectivity index (χ1) is 11.5. The molecule has 9 heteroatoms. The smallest absolute Gasteiger partial charge is 0.160 e. The van der Waals surface area contributed by atoms with E-state index in [0.717, 1.165) is 4.47 Å². The van der Waals surface area contributed by atoms with Crippen LogP contribution in [0, 0.1) is 5.82 Å². The van der Waals surface area contributed by atoms with Crippen molar-refractivity contribution < 1.29 is 4.39 Å². The topological polar surface area (TPSA) is 88.8 Å². The third-order valence-corrected chi connectivity index (χ3v) is 3.80. The lowest BCUT2D eigenvalue weighted by molar-refractivity contribution is 0.628. The Morgan fingerprint density at radius 1 is 1.04 bits per heavy atom. The highest BCUT2D eigenvalue weighted by Crippen LogP contribution is 2.29. The largest absolute Gasteiger partial charge is 0.393 e. The van der Waals surface area contributed by atoms with E-state index in [2.05, 4.69) is 41.5 Å². The summed E-state index contributed by atoms with van der Waals surface area (Å²) in [5.74, 6) is 0.851. The molecule has 2 heterocycles. The van der Waals surface area contributed by atoms with Crippen LogP contribution in [0.15, 0.2) is 47.3 Å². The highest BCUT2D eigenvalue weighted by atomic mass is 79.9. The Kier molecular flexibility index (Phi) is 4.77. The summed E-state index contributed by atoms with van der Waals surface area (Å²) in [5.41, 5.74) is 6.93. The van der Waals surface area contributed by atoms with Crippen molar-refractivity contribution in [2.45, 2.75) is 0 Å². The second kappa shape index (κ2) is 6.98. The summed E-state index contributed by atoms with van der Waals surface area (Å²) in [5, 5.41) is 6.00. The van der Waals surface area contributed by atoms with Crippen molar-refractivity contribution >= 4 is 56.4 Å². The maximum atomic E-state index is 13.2. The minimum absolute atomic E-state index is 0.00467. The molecule has 2 aromatic heterocycles. The fourth-order valence-electron chi connectivity index (χ4n) is 1.88. The first kappa shape index (κ1) is 16.4. The number of halogens is 3. The molecule has 24 heavy (non-hydrogen) atoms. The lowest BCUT2D eigenvalue weighted by Gasteiger charge is -2.12. The molecule has 0 radical (unpaired) electrons. The molecular formula is C15H11BrClFN6. The van der Waals surface area contributed by atoms with Crippen molar-refractivity contribution in [2.75, 3.05) is 16.4 Å². The molecule has 0 saturated carbocycles. The van der Waals surface area contributed by atoms with Crippen LogP contribution >= 0.6 is 27.5 Å². The van der Waals surface area contributed by atoms with Crippen molar-refractivity contribution in [1.29, 1.82) is 0 Å². The van der Waals surface area contributed by atoms with E-state index < -0.39 is 5.82 Å². The van der Waals surface area contributed by atoms with Crippen LogP contribution < -0.4 is 16.4 Å². The number of hydrogen-bond donors (Lipinski definition) is 3. The monoisotopic (exact) mass is 408 g/mol. The highest BCUT2D eigenvalue weighted by molar-refractivity contribution is 9.10. The van der Waals surface area contributed by atoms with E-state index in [0.29, 0.717) is 28.8 Å². The number of nitrogens with two attached hydrogens (primary N) is 1. The quantitative estimate of drug-likeness (QED) is 0.588. The second-order valence-corrected chi connectivity index (χ2v) is 6.05. The minimum Gasteiger partial charge on any atom is -0.393 e. The molecule has 0 fully saturated rings. The van der Waals surface area contributed by atoms with Gasteiger partial charge in [0.2, 0.25) is 0 Å². The normalized spacial score (nSPS) is 10.5. The Hall–Kier alpha value is -2.45. The first-order valence-electron chi connectivity index (χ1n) is 6.74. The van der Waals surface area contributed by atoms with Crippen molar-refractivity contribution in [3.05, 3.63) is 58.2 Å². The second-order valence-electron chi connectivity index (χ2n) is 4.73. The van der Waals surface area contributed by atoms with E-state index in [9.17, 15) is 4.39 Å². The van der Waals surface area contributed by atoms with Crippen LogP contribution in [0.5, 0.6) is 0 Å². The molecule has 0 amide bonds. The number of anilines is 5. The summed E-state index contributed by atoms with van der Waals surface area (Å²) in [7, 11) is 0. The third kappa shape index (κ3) is 3.72. The summed E-state index contributed by atoms with van der Waals surface area (Å²) in [6, 6.07) is 7.85. The summed E-state index contributed by atoms with van der Waals surface area (Å²) < 4.78 is 14.1. The molecule has 0 aliphatic rings. The van der Waals surface area contributed by atoms with E-state index in [-0.39, 0.29) is 5.02 Å². The zero-order chi connectivity index (χ0) is 17.1. The van der Waals surface area contributed by atoms with Gasteiger partial charge in [0, 0.05) is 16.4 Å². The molecule has 3 aromatic rings. The van der Waals surface area contributed by atoms with Crippen LogP contribution in [0.2, 0.25) is 5.02 Å². The summed E-state index contributed by atoms with van der Waals surface area (Å²) in [4.78, 5) is 12.4. The molecule has 0 aliphatic heterocycles. The standard InChI is InChI=1S/C15H11BrClFN6/c16-8-1-4-12(20-6-8)24-15-13(19)14(21-7-22-15)23-9-2-3-11(18)10(17)5-9/h1-7H,19H2,(H2,20,21,22,23,24). The van der Waals surface area contributed by atoms with Gasteiger partial charge in [0.15, 0.2) is 11.6 Å². The van der Waals surface area contributed by atoms with Gasteiger partial charge in [0.05, 0.1) is 5.02 Å². The highest BCUT2D eigenvalue weighted by Gasteiger charge is 2.10. The molecule has 6 nitrogen and oxygen atoms in total. The number of nitrogens with zero attached hydrogens (tertiary/aromatic N) is 3. The maximum absolute atomic E-state index is 13.2. The van der Waals surface area contributed by atoms with Gasteiger partial charge in [0.1, 0.15) is 23.6 Å². The van der Waals surface area contributed by atoms with Gasteiger partial charge in [-0.15, -0.1) is 0 Å². The molecule has 0 unspecified atom stereocenters. The molecule has 4 N–H and O–H groups in total. The van der Waals surface area contributed by atoms with Gasteiger partial charge >= 0.3 is 0 Å². The van der Waals surface area contributed by atoms with Crippen LogP contribution in [0.4, 0.5) is 33.2 Å². The molecule has 0 bridgehead atoms. The predicted molar refractivity (Wildman–Crippen MR) is 96.4 cm³/mol. The van der Waals surface area contributed by atoms with Gasteiger partial charge in [-0.2, -0.15) is 0 Å². The molecular weight excluding hydrogens is 399 g/mol. The van der Waals surface area contributed by atoms with Crippen LogP contribution in [-0.4, -0.2) is 15.0 Å². The first-order valence-corrected chi connectivity index (χ1v) is 7.91. The summed E-state index contributed by atoms with van der Waals surface area (Å²) in [6.45, 7) is 0. The minimum atomic E-state index is -0.499.